The number of halogens is 1. The Bertz CT molecular complexity index is 415. The topological polar surface area (TPSA) is 26.3 Å². The fourth-order valence-corrected chi connectivity index (χ4v) is 2.67. The maximum Gasteiger partial charge on any atom is 0.163 e. The predicted octanol–water partition coefficient (Wildman–Crippen LogP) is 4.15. The highest BCUT2D eigenvalue weighted by Gasteiger charge is 2.17. The van der Waals surface area contributed by atoms with Crippen molar-refractivity contribution < 1.29 is 9.53 Å². The third-order valence-corrected chi connectivity index (χ3v) is 3.83. The molecule has 0 unspecified atom stereocenters. The molecule has 1 aromatic rings. The van der Waals surface area contributed by atoms with Crippen molar-refractivity contribution in [1.29, 1.82) is 0 Å². The first-order chi connectivity index (χ1) is 8.81. The van der Waals surface area contributed by atoms with Gasteiger partial charge in [-0.15, -0.1) is 0 Å². The zero-order valence-corrected chi connectivity index (χ0v) is 12.2. The maximum absolute atomic E-state index is 11.7. The number of hydrogen-bond donors (Lipinski definition) is 0. The van der Waals surface area contributed by atoms with Crippen molar-refractivity contribution in [1.82, 2.24) is 0 Å². The lowest BCUT2D eigenvalue weighted by molar-refractivity contribution is 0.0972. The molecule has 0 heterocycles. The zero-order valence-electron chi connectivity index (χ0n) is 10.6. The normalized spacial score (nSPS) is 14.4. The summed E-state index contributed by atoms with van der Waals surface area (Å²) in [6, 6.07) is 5.88. The molecule has 0 atom stereocenters. The average molecular weight is 311 g/mol. The third-order valence-electron chi connectivity index (χ3n) is 3.27. The van der Waals surface area contributed by atoms with Crippen LogP contribution in [0.1, 0.15) is 48.0 Å². The first-order valence-corrected chi connectivity index (χ1v) is 7.78. The summed E-state index contributed by atoms with van der Waals surface area (Å²) in [7, 11) is 0. The van der Waals surface area contributed by atoms with Crippen LogP contribution in [-0.2, 0) is 6.42 Å². The Kier molecular flexibility index (Phi) is 5.24. The summed E-state index contributed by atoms with van der Waals surface area (Å²) in [5, 5.41) is 1.06. The Hall–Kier alpha value is -0.830. The number of ketones is 1. The molecular formula is C15H19BrO2. The zero-order chi connectivity index (χ0) is 12.8. The monoisotopic (exact) mass is 310 g/mol. The van der Waals surface area contributed by atoms with Gasteiger partial charge in [-0.05, 0) is 55.9 Å². The Labute approximate surface area is 117 Å². The quantitative estimate of drug-likeness (QED) is 0.583. The molecule has 0 aliphatic heterocycles. The number of carbonyl (C=O) groups is 1. The van der Waals surface area contributed by atoms with Crippen LogP contribution in [0, 0.1) is 0 Å². The van der Waals surface area contributed by atoms with E-state index >= 15 is 0 Å². The minimum absolute atomic E-state index is 0.278. The van der Waals surface area contributed by atoms with Gasteiger partial charge in [0.1, 0.15) is 5.75 Å². The van der Waals surface area contributed by atoms with Crippen LogP contribution < -0.4 is 4.74 Å². The molecule has 0 N–H and O–H groups in total. The van der Waals surface area contributed by atoms with Crippen LogP contribution in [0.5, 0.6) is 5.75 Å². The molecule has 0 aromatic heterocycles. The highest BCUT2D eigenvalue weighted by Crippen LogP contribution is 2.25. The molecule has 0 spiro atoms. The van der Waals surface area contributed by atoms with Crippen LogP contribution in [0.15, 0.2) is 18.2 Å². The molecule has 18 heavy (non-hydrogen) atoms. The lowest BCUT2D eigenvalue weighted by atomic mass is 9.90. The molecule has 98 valence electrons. The van der Waals surface area contributed by atoms with Gasteiger partial charge >= 0.3 is 0 Å². The van der Waals surface area contributed by atoms with Gasteiger partial charge in [0, 0.05) is 17.3 Å². The van der Waals surface area contributed by atoms with E-state index in [-0.39, 0.29) is 5.78 Å². The van der Waals surface area contributed by atoms with E-state index in [4.69, 9.17) is 4.74 Å². The van der Waals surface area contributed by atoms with Gasteiger partial charge in [-0.2, -0.15) is 0 Å². The van der Waals surface area contributed by atoms with Gasteiger partial charge in [0.25, 0.3) is 0 Å². The highest BCUT2D eigenvalue weighted by molar-refractivity contribution is 9.09. The smallest absolute Gasteiger partial charge is 0.163 e. The standard InChI is InChI=1S/C15H19BrO2/c16-9-2-1-3-10-18-13-7-8-14-12(11-13)5-4-6-15(14)17/h7-8,11H,1-6,9-10H2. The lowest BCUT2D eigenvalue weighted by Crippen LogP contribution is -2.10. The summed E-state index contributed by atoms with van der Waals surface area (Å²) in [5.74, 6) is 1.18. The summed E-state index contributed by atoms with van der Waals surface area (Å²) in [4.78, 5) is 11.7. The number of Topliss-reactive ketones (excluding diaryl/α,β-unsaturated/α-hetero) is 1. The van der Waals surface area contributed by atoms with E-state index in [9.17, 15) is 4.79 Å². The molecule has 0 fully saturated rings. The number of benzene rings is 1. The van der Waals surface area contributed by atoms with E-state index in [1.807, 2.05) is 18.2 Å². The minimum Gasteiger partial charge on any atom is -0.494 e. The van der Waals surface area contributed by atoms with Gasteiger partial charge in [0.05, 0.1) is 6.61 Å². The Morgan fingerprint density at radius 1 is 1.17 bits per heavy atom. The SMILES string of the molecule is O=C1CCCc2cc(OCCCCCBr)ccc21. The van der Waals surface area contributed by atoms with Gasteiger partial charge in [-0.1, -0.05) is 15.9 Å². The first-order valence-electron chi connectivity index (χ1n) is 6.66. The number of aryl methyl sites for hydroxylation is 1. The van der Waals surface area contributed by atoms with Crippen molar-refractivity contribution in [3.05, 3.63) is 29.3 Å². The van der Waals surface area contributed by atoms with Crippen LogP contribution in [0.4, 0.5) is 0 Å². The van der Waals surface area contributed by atoms with Gasteiger partial charge in [-0.25, -0.2) is 0 Å². The van der Waals surface area contributed by atoms with Crippen LogP contribution in [0.3, 0.4) is 0 Å². The number of fused-ring (bicyclic) bond motifs is 1. The van der Waals surface area contributed by atoms with Crippen molar-refractivity contribution in [3.63, 3.8) is 0 Å². The predicted molar refractivity (Wildman–Crippen MR) is 76.9 cm³/mol. The van der Waals surface area contributed by atoms with Gasteiger partial charge in [-0.3, -0.25) is 4.79 Å². The Morgan fingerprint density at radius 2 is 2.06 bits per heavy atom. The lowest BCUT2D eigenvalue weighted by Gasteiger charge is -2.15. The van der Waals surface area contributed by atoms with Gasteiger partial charge in [0.15, 0.2) is 5.78 Å². The van der Waals surface area contributed by atoms with Crippen molar-refractivity contribution >= 4 is 21.7 Å². The molecule has 0 saturated carbocycles. The van der Waals surface area contributed by atoms with E-state index in [1.165, 1.54) is 12.8 Å². The van der Waals surface area contributed by atoms with E-state index in [0.29, 0.717) is 6.42 Å². The summed E-state index contributed by atoms with van der Waals surface area (Å²) in [6.45, 7) is 0.764. The molecule has 2 rings (SSSR count). The Morgan fingerprint density at radius 3 is 2.89 bits per heavy atom. The van der Waals surface area contributed by atoms with Crippen LogP contribution in [0.25, 0.3) is 0 Å². The summed E-state index contributed by atoms with van der Waals surface area (Å²) < 4.78 is 5.73. The van der Waals surface area contributed by atoms with Crippen molar-refractivity contribution in [2.45, 2.75) is 38.5 Å². The summed E-state index contributed by atoms with van der Waals surface area (Å²) in [5.41, 5.74) is 2.05. The van der Waals surface area contributed by atoms with E-state index in [2.05, 4.69) is 15.9 Å². The van der Waals surface area contributed by atoms with Crippen molar-refractivity contribution in [3.8, 4) is 5.75 Å². The molecule has 1 aliphatic rings. The van der Waals surface area contributed by atoms with Gasteiger partial charge in [0.2, 0.25) is 0 Å². The van der Waals surface area contributed by atoms with Crippen molar-refractivity contribution in [2.75, 3.05) is 11.9 Å². The molecule has 1 aromatic carbocycles. The fraction of sp³-hybridized carbons (Fsp3) is 0.533. The molecule has 0 bridgehead atoms. The largest absolute Gasteiger partial charge is 0.494 e. The van der Waals surface area contributed by atoms with E-state index < -0.39 is 0 Å². The molecule has 1 aliphatic carbocycles. The maximum atomic E-state index is 11.7. The molecule has 0 saturated heterocycles. The number of hydrogen-bond acceptors (Lipinski definition) is 2. The number of rotatable bonds is 6. The van der Waals surface area contributed by atoms with E-state index in [0.717, 1.165) is 48.1 Å². The van der Waals surface area contributed by atoms with E-state index in [1.54, 1.807) is 0 Å². The average Bonchev–Trinajstić information content (AvgIpc) is 2.39. The molecular weight excluding hydrogens is 292 g/mol. The minimum atomic E-state index is 0.278. The molecule has 0 radical (unpaired) electrons. The number of carbonyl (C=O) groups excluding carboxylic acids is 1. The van der Waals surface area contributed by atoms with Crippen LogP contribution >= 0.6 is 15.9 Å². The molecule has 3 heteroatoms. The number of alkyl halides is 1. The summed E-state index contributed by atoms with van der Waals surface area (Å²) >= 11 is 3.42. The van der Waals surface area contributed by atoms with Crippen molar-refractivity contribution in [2.24, 2.45) is 0 Å². The van der Waals surface area contributed by atoms with Crippen LogP contribution in [0.2, 0.25) is 0 Å². The third kappa shape index (κ3) is 3.58. The second-order valence-corrected chi connectivity index (χ2v) is 5.49. The second-order valence-electron chi connectivity index (χ2n) is 4.69. The first kappa shape index (κ1) is 13.6. The van der Waals surface area contributed by atoms with Crippen LogP contribution in [-0.4, -0.2) is 17.7 Å². The summed E-state index contributed by atoms with van der Waals surface area (Å²) in [6.07, 6.45) is 6.14. The molecule has 2 nitrogen and oxygen atoms in total. The second kappa shape index (κ2) is 6.93. The number of unbranched alkanes of at least 4 members (excludes halogenated alkanes) is 2. The fourth-order valence-electron chi connectivity index (χ4n) is 2.28. The molecule has 0 amide bonds. The Balaban J connectivity index is 1.88. The number of ether oxygens (including phenoxy) is 1. The highest BCUT2D eigenvalue weighted by atomic mass is 79.9. The van der Waals surface area contributed by atoms with Gasteiger partial charge < -0.3 is 4.74 Å².